The highest BCUT2D eigenvalue weighted by Crippen LogP contribution is 2.39. The summed E-state index contributed by atoms with van der Waals surface area (Å²) in [5.74, 6) is 1.95. The van der Waals surface area contributed by atoms with Crippen LogP contribution in [0.4, 0.5) is 10.1 Å². The van der Waals surface area contributed by atoms with Crippen LogP contribution in [0.2, 0.25) is 0 Å². The second kappa shape index (κ2) is 10.8. The molecule has 2 fully saturated rings. The normalized spacial score (nSPS) is 19.7. The van der Waals surface area contributed by atoms with Gasteiger partial charge in [0.2, 0.25) is 0 Å². The molecule has 2 atom stereocenters. The molecule has 5 aromatic rings. The number of ether oxygens (including phenoxy) is 2. The van der Waals surface area contributed by atoms with E-state index in [1.54, 1.807) is 19.2 Å². The van der Waals surface area contributed by atoms with E-state index >= 15 is 0 Å². The topological polar surface area (TPSA) is 130 Å². The first-order chi connectivity index (χ1) is 22.2. The van der Waals surface area contributed by atoms with Crippen molar-refractivity contribution in [3.63, 3.8) is 0 Å². The maximum absolute atomic E-state index is 14.3. The van der Waals surface area contributed by atoms with Crippen LogP contribution >= 0.6 is 0 Å². The van der Waals surface area contributed by atoms with Gasteiger partial charge in [-0.25, -0.2) is 14.4 Å². The third kappa shape index (κ3) is 4.93. The van der Waals surface area contributed by atoms with E-state index in [4.69, 9.17) is 25.2 Å². The van der Waals surface area contributed by atoms with E-state index in [2.05, 4.69) is 22.0 Å². The lowest BCUT2D eigenvalue weighted by atomic mass is 10.0. The fraction of sp³-hybridized carbons (Fsp3) is 0.353. The number of nitrogens with two attached hydrogens (primary N) is 1. The number of pyridine rings is 1. The number of alkyl halides is 1. The smallest absolute Gasteiger partial charge is 0.262 e. The average molecular weight is 624 g/mol. The van der Waals surface area contributed by atoms with Crippen LogP contribution in [0, 0.1) is 5.92 Å². The minimum atomic E-state index is -1.15. The maximum atomic E-state index is 14.3. The predicted molar refractivity (Wildman–Crippen MR) is 172 cm³/mol. The Morgan fingerprint density at radius 1 is 1.13 bits per heavy atom. The molecule has 8 rings (SSSR count). The number of fused-ring (bicyclic) bond motifs is 3. The van der Waals surface area contributed by atoms with Gasteiger partial charge in [0, 0.05) is 42.7 Å². The lowest BCUT2D eigenvalue weighted by Crippen LogP contribution is -2.50. The largest absolute Gasteiger partial charge is 0.494 e. The zero-order valence-corrected chi connectivity index (χ0v) is 25.6. The monoisotopic (exact) mass is 623 g/mol. The maximum Gasteiger partial charge on any atom is 0.262 e. The number of nitrogens with one attached hydrogen (secondary N) is 1. The second-order valence-electron chi connectivity index (χ2n) is 12.6. The first kappa shape index (κ1) is 28.5. The van der Waals surface area contributed by atoms with Gasteiger partial charge in [0.05, 0.1) is 36.2 Å². The standard InChI is InChI=1S/C34H34FN7O4/c1-40-31-26(9-21(12-29(31)45-2)34(44)41-15-22(35)13-23(36)16-41)39-33(40)27-10-20-6-7-24(38-32(20)42(27)14-18-3-4-18)19-5-8-25-28(11-19)46-17-30(43)37-25/h5-12,18,22-23H,3-4,13-17,36H2,1-2H3,(H,37,43)/t22-,23-/m1/s1. The third-order valence-electron chi connectivity index (χ3n) is 9.14. The van der Waals surface area contributed by atoms with Crippen LogP contribution in [0.3, 0.4) is 0 Å². The van der Waals surface area contributed by atoms with Gasteiger partial charge in [0.15, 0.2) is 12.4 Å². The van der Waals surface area contributed by atoms with Crippen LogP contribution in [0.5, 0.6) is 11.5 Å². The molecule has 1 saturated carbocycles. The summed E-state index contributed by atoms with van der Waals surface area (Å²) >= 11 is 0. The summed E-state index contributed by atoms with van der Waals surface area (Å²) in [5.41, 5.74) is 11.9. The Hall–Kier alpha value is -4.97. The Morgan fingerprint density at radius 3 is 2.76 bits per heavy atom. The molecule has 0 unspecified atom stereocenters. The number of hydrogen-bond acceptors (Lipinski definition) is 7. The van der Waals surface area contributed by atoms with Gasteiger partial charge in [-0.2, -0.15) is 0 Å². The Kier molecular flexibility index (Phi) is 6.71. The molecule has 2 aromatic carbocycles. The lowest BCUT2D eigenvalue weighted by Gasteiger charge is -2.33. The number of carbonyl (C=O) groups excluding carboxylic acids is 2. The summed E-state index contributed by atoms with van der Waals surface area (Å²) in [4.78, 5) is 36.9. The van der Waals surface area contributed by atoms with Crippen molar-refractivity contribution in [3.05, 3.63) is 54.1 Å². The highest BCUT2D eigenvalue weighted by molar-refractivity contribution is 6.00. The number of piperidine rings is 1. The first-order valence-electron chi connectivity index (χ1n) is 15.6. The molecule has 0 radical (unpaired) electrons. The number of benzene rings is 2. The van der Waals surface area contributed by atoms with Crippen molar-refractivity contribution >= 4 is 39.6 Å². The molecule has 2 amide bonds. The number of rotatable bonds is 6. The van der Waals surface area contributed by atoms with Gasteiger partial charge >= 0.3 is 0 Å². The van der Waals surface area contributed by atoms with Gasteiger partial charge in [0.25, 0.3) is 11.8 Å². The number of anilines is 1. The van der Waals surface area contributed by atoms with Gasteiger partial charge in [-0.3, -0.25) is 9.59 Å². The average Bonchev–Trinajstić information content (AvgIpc) is 3.72. The quantitative estimate of drug-likeness (QED) is 0.285. The second-order valence-corrected chi connectivity index (χ2v) is 12.6. The van der Waals surface area contributed by atoms with Crippen LogP contribution in [-0.4, -0.2) is 74.8 Å². The number of hydrogen-bond donors (Lipinski definition) is 2. The molecule has 3 aromatic heterocycles. The number of imidazole rings is 1. The molecule has 1 saturated heterocycles. The highest BCUT2D eigenvalue weighted by atomic mass is 19.1. The molecule has 12 heteroatoms. The van der Waals surface area contributed by atoms with Crippen molar-refractivity contribution in [1.82, 2.24) is 24.0 Å². The van der Waals surface area contributed by atoms with Crippen LogP contribution in [0.1, 0.15) is 29.6 Å². The van der Waals surface area contributed by atoms with E-state index < -0.39 is 12.2 Å². The molecule has 46 heavy (non-hydrogen) atoms. The first-order valence-corrected chi connectivity index (χ1v) is 15.6. The predicted octanol–water partition coefficient (Wildman–Crippen LogP) is 4.52. The summed E-state index contributed by atoms with van der Waals surface area (Å²) in [6, 6.07) is 14.9. The third-order valence-corrected chi connectivity index (χ3v) is 9.14. The van der Waals surface area contributed by atoms with Gasteiger partial charge in [-0.15, -0.1) is 0 Å². The zero-order chi connectivity index (χ0) is 31.7. The molecule has 5 heterocycles. The number of aromatic nitrogens is 4. The molecule has 3 N–H and O–H groups in total. The van der Waals surface area contributed by atoms with Crippen molar-refractivity contribution in [3.8, 4) is 34.3 Å². The summed E-state index contributed by atoms with van der Waals surface area (Å²) in [5, 5.41) is 3.82. The van der Waals surface area contributed by atoms with Crippen molar-refractivity contribution in [2.24, 2.45) is 18.7 Å². The van der Waals surface area contributed by atoms with E-state index in [9.17, 15) is 14.0 Å². The number of aryl methyl sites for hydroxylation is 1. The van der Waals surface area contributed by atoms with Crippen LogP contribution in [0.15, 0.2) is 48.5 Å². The number of carbonyl (C=O) groups is 2. The molecule has 2 aliphatic heterocycles. The van der Waals surface area contributed by atoms with E-state index in [1.165, 1.54) is 4.90 Å². The van der Waals surface area contributed by atoms with Crippen LogP contribution in [0.25, 0.3) is 44.8 Å². The van der Waals surface area contributed by atoms with E-state index in [0.717, 1.165) is 58.7 Å². The molecule has 0 spiro atoms. The molecular weight excluding hydrogens is 589 g/mol. The van der Waals surface area contributed by atoms with Crippen LogP contribution < -0.4 is 20.5 Å². The van der Waals surface area contributed by atoms with Crippen molar-refractivity contribution in [2.75, 3.05) is 32.1 Å². The number of amides is 2. The number of methoxy groups -OCH3 is 1. The summed E-state index contributed by atoms with van der Waals surface area (Å²) in [6.45, 7) is 1.11. The number of likely N-dealkylation sites (tertiary alicyclic amines) is 1. The van der Waals surface area contributed by atoms with Crippen molar-refractivity contribution in [2.45, 2.75) is 38.0 Å². The van der Waals surface area contributed by atoms with Gasteiger partial charge in [-0.1, -0.05) is 6.07 Å². The van der Waals surface area contributed by atoms with E-state index in [1.807, 2.05) is 35.9 Å². The van der Waals surface area contributed by atoms with E-state index in [-0.39, 0.29) is 31.4 Å². The summed E-state index contributed by atoms with van der Waals surface area (Å²) in [7, 11) is 3.51. The Balaban J connectivity index is 1.21. The molecular formula is C34H34FN7O4. The molecule has 11 nitrogen and oxygen atoms in total. The number of halogens is 1. The number of nitrogens with zero attached hydrogens (tertiary/aromatic N) is 5. The highest BCUT2D eigenvalue weighted by Gasteiger charge is 2.31. The van der Waals surface area contributed by atoms with Crippen molar-refractivity contribution in [1.29, 1.82) is 0 Å². The van der Waals surface area contributed by atoms with Crippen LogP contribution in [-0.2, 0) is 18.4 Å². The Bertz CT molecular complexity index is 2040. The molecule has 1 aliphatic carbocycles. The van der Waals surface area contributed by atoms with Gasteiger partial charge in [-0.05, 0) is 67.6 Å². The zero-order valence-electron chi connectivity index (χ0n) is 25.6. The fourth-order valence-electron chi connectivity index (χ4n) is 6.69. The van der Waals surface area contributed by atoms with Gasteiger partial charge < -0.3 is 34.6 Å². The minimum Gasteiger partial charge on any atom is -0.494 e. The Morgan fingerprint density at radius 2 is 1.98 bits per heavy atom. The lowest BCUT2D eigenvalue weighted by molar-refractivity contribution is -0.118. The summed E-state index contributed by atoms with van der Waals surface area (Å²) in [6.07, 6.45) is 1.43. The summed E-state index contributed by atoms with van der Waals surface area (Å²) < 4.78 is 29.9. The van der Waals surface area contributed by atoms with E-state index in [0.29, 0.717) is 40.7 Å². The van der Waals surface area contributed by atoms with Gasteiger partial charge in [0.1, 0.15) is 28.8 Å². The Labute approximate surface area is 264 Å². The van der Waals surface area contributed by atoms with Crippen molar-refractivity contribution < 1.29 is 23.5 Å². The molecule has 3 aliphatic rings. The molecule has 236 valence electrons. The fourth-order valence-corrected chi connectivity index (χ4v) is 6.69. The molecule has 0 bridgehead atoms. The minimum absolute atomic E-state index is 0.0144. The SMILES string of the molecule is COc1cc(C(=O)N2C[C@H](N)C[C@@H](F)C2)cc2nc(-c3cc4ccc(-c5ccc6c(c5)OCC(=O)N6)nc4n3CC3CC3)n(C)c12.